The summed E-state index contributed by atoms with van der Waals surface area (Å²) < 4.78 is 5.87. The highest BCUT2D eigenvalue weighted by Gasteiger charge is 2.33. The molecule has 0 bridgehead atoms. The molecule has 1 aliphatic rings. The van der Waals surface area contributed by atoms with Crippen molar-refractivity contribution in [2.75, 3.05) is 13.2 Å². The van der Waals surface area contributed by atoms with E-state index in [1.807, 2.05) is 18.2 Å². The lowest BCUT2D eigenvalue weighted by Crippen LogP contribution is -2.39. The van der Waals surface area contributed by atoms with E-state index >= 15 is 0 Å². The van der Waals surface area contributed by atoms with Gasteiger partial charge in [0.05, 0.1) is 6.10 Å². The van der Waals surface area contributed by atoms with E-state index in [-0.39, 0.29) is 11.6 Å². The van der Waals surface area contributed by atoms with Crippen LogP contribution in [0.2, 0.25) is 10.0 Å². The highest BCUT2D eigenvalue weighted by atomic mass is 35.5. The molecule has 1 saturated heterocycles. The fraction of sp³-hybridized carbons (Fsp3) is 0.600. The lowest BCUT2D eigenvalue weighted by molar-refractivity contribution is 0.0891. The first-order valence-electron chi connectivity index (χ1n) is 6.69. The van der Waals surface area contributed by atoms with Gasteiger partial charge in [-0.2, -0.15) is 0 Å². The molecule has 106 valence electrons. The molecule has 1 heterocycles. The predicted molar refractivity (Wildman–Crippen MR) is 81.0 cm³/mol. The second-order valence-corrected chi connectivity index (χ2v) is 6.92. The molecule has 1 aromatic carbocycles. The van der Waals surface area contributed by atoms with Crippen molar-refractivity contribution in [1.82, 2.24) is 5.32 Å². The Labute approximate surface area is 125 Å². The predicted octanol–water partition coefficient (Wildman–Crippen LogP) is 4.46. The van der Waals surface area contributed by atoms with Crippen LogP contribution >= 0.6 is 23.2 Å². The third-order valence-corrected chi connectivity index (χ3v) is 4.05. The summed E-state index contributed by atoms with van der Waals surface area (Å²) in [6.07, 6.45) is 1.03. The summed E-state index contributed by atoms with van der Waals surface area (Å²) in [6, 6.07) is 5.61. The van der Waals surface area contributed by atoms with Gasteiger partial charge in [-0.1, -0.05) is 29.3 Å². The van der Waals surface area contributed by atoms with Crippen molar-refractivity contribution in [2.24, 2.45) is 5.92 Å². The van der Waals surface area contributed by atoms with Crippen LogP contribution in [-0.2, 0) is 4.74 Å². The zero-order valence-corrected chi connectivity index (χ0v) is 13.2. The van der Waals surface area contributed by atoms with E-state index in [9.17, 15) is 0 Å². The molecule has 0 saturated carbocycles. The number of benzene rings is 1. The second-order valence-electron chi connectivity index (χ2n) is 6.11. The fourth-order valence-electron chi connectivity index (χ4n) is 2.38. The van der Waals surface area contributed by atoms with Crippen molar-refractivity contribution in [2.45, 2.75) is 38.8 Å². The molecule has 2 nitrogen and oxygen atoms in total. The second kappa shape index (κ2) is 6.01. The maximum atomic E-state index is 6.28. The number of hydrogen-bond donors (Lipinski definition) is 1. The molecule has 2 rings (SSSR count). The number of hydrogen-bond acceptors (Lipinski definition) is 2. The summed E-state index contributed by atoms with van der Waals surface area (Å²) in [4.78, 5) is 0. The minimum absolute atomic E-state index is 0.00366. The van der Waals surface area contributed by atoms with Crippen LogP contribution in [-0.4, -0.2) is 18.7 Å². The third kappa shape index (κ3) is 3.85. The summed E-state index contributed by atoms with van der Waals surface area (Å²) >= 11 is 12.6. The summed E-state index contributed by atoms with van der Waals surface area (Å²) in [5, 5.41) is 4.93. The lowest BCUT2D eigenvalue weighted by Gasteiger charge is -2.26. The Morgan fingerprint density at radius 2 is 1.89 bits per heavy atom. The van der Waals surface area contributed by atoms with Gasteiger partial charge < -0.3 is 10.1 Å². The molecule has 0 aliphatic carbocycles. The van der Waals surface area contributed by atoms with Gasteiger partial charge in [0.1, 0.15) is 0 Å². The van der Waals surface area contributed by atoms with E-state index in [4.69, 9.17) is 27.9 Å². The van der Waals surface area contributed by atoms with Crippen molar-refractivity contribution in [3.05, 3.63) is 33.8 Å². The molecule has 0 amide bonds. The highest BCUT2D eigenvalue weighted by molar-refractivity contribution is 6.36. The lowest BCUT2D eigenvalue weighted by atomic mass is 9.94. The quantitative estimate of drug-likeness (QED) is 0.890. The molecule has 2 unspecified atom stereocenters. The van der Waals surface area contributed by atoms with Crippen LogP contribution in [0.3, 0.4) is 0 Å². The molecule has 0 aromatic heterocycles. The molecular weight excluding hydrogens is 281 g/mol. The SMILES string of the molecule is CC(C)(C)NCC1CCOC1c1c(Cl)cccc1Cl. The standard InChI is InChI=1S/C15H21Cl2NO/c1-15(2,3)18-9-10-7-8-19-14(10)13-11(16)5-4-6-12(13)17/h4-6,10,14,18H,7-9H2,1-3H3. The van der Waals surface area contributed by atoms with Crippen molar-refractivity contribution in [1.29, 1.82) is 0 Å². The van der Waals surface area contributed by atoms with Crippen molar-refractivity contribution in [3.63, 3.8) is 0 Å². The Bertz CT molecular complexity index is 422. The van der Waals surface area contributed by atoms with Gasteiger partial charge >= 0.3 is 0 Å². The number of rotatable bonds is 3. The van der Waals surface area contributed by atoms with Crippen molar-refractivity contribution < 1.29 is 4.74 Å². The first kappa shape index (κ1) is 15.1. The van der Waals surface area contributed by atoms with E-state index in [1.54, 1.807) is 0 Å². The average Bonchev–Trinajstić information content (AvgIpc) is 2.73. The van der Waals surface area contributed by atoms with Gasteiger partial charge in [-0.15, -0.1) is 0 Å². The monoisotopic (exact) mass is 301 g/mol. The minimum Gasteiger partial charge on any atom is -0.373 e. The zero-order valence-electron chi connectivity index (χ0n) is 11.7. The summed E-state index contributed by atoms with van der Waals surface area (Å²) in [7, 11) is 0. The Morgan fingerprint density at radius 3 is 2.47 bits per heavy atom. The zero-order chi connectivity index (χ0) is 14.0. The average molecular weight is 302 g/mol. The highest BCUT2D eigenvalue weighted by Crippen LogP contribution is 2.41. The fourth-order valence-corrected chi connectivity index (χ4v) is 2.99. The molecule has 19 heavy (non-hydrogen) atoms. The van der Waals surface area contributed by atoms with Gasteiger partial charge in [0.25, 0.3) is 0 Å². The largest absolute Gasteiger partial charge is 0.373 e. The minimum atomic E-state index is -0.00366. The van der Waals surface area contributed by atoms with E-state index in [0.29, 0.717) is 16.0 Å². The van der Waals surface area contributed by atoms with Crippen molar-refractivity contribution >= 4 is 23.2 Å². The van der Waals surface area contributed by atoms with Gasteiger partial charge in [-0.05, 0) is 39.3 Å². The third-order valence-electron chi connectivity index (χ3n) is 3.39. The van der Waals surface area contributed by atoms with E-state index < -0.39 is 0 Å². The van der Waals surface area contributed by atoms with Crippen molar-refractivity contribution in [3.8, 4) is 0 Å². The smallest absolute Gasteiger partial charge is 0.0894 e. The molecule has 0 spiro atoms. The summed E-state index contributed by atoms with van der Waals surface area (Å²) in [6.45, 7) is 8.18. The Hall–Kier alpha value is -0.280. The van der Waals surface area contributed by atoms with Crippen LogP contribution in [0.4, 0.5) is 0 Å². The molecule has 4 heteroatoms. The number of ether oxygens (including phenoxy) is 1. The number of halogens is 2. The Kier molecular flexibility index (Phi) is 4.78. The van der Waals surface area contributed by atoms with Gasteiger partial charge in [-0.3, -0.25) is 0 Å². The molecule has 1 aromatic rings. The molecule has 1 aliphatic heterocycles. The van der Waals surface area contributed by atoms with Gasteiger partial charge in [0, 0.05) is 40.2 Å². The van der Waals surface area contributed by atoms with E-state index in [0.717, 1.165) is 25.1 Å². The maximum absolute atomic E-state index is 6.28. The number of nitrogens with one attached hydrogen (secondary N) is 1. The molecular formula is C15H21Cl2NO. The van der Waals surface area contributed by atoms with E-state index in [1.165, 1.54) is 0 Å². The topological polar surface area (TPSA) is 21.3 Å². The first-order valence-corrected chi connectivity index (χ1v) is 7.44. The maximum Gasteiger partial charge on any atom is 0.0894 e. The molecule has 1 N–H and O–H groups in total. The Morgan fingerprint density at radius 1 is 1.26 bits per heavy atom. The van der Waals surface area contributed by atoms with Crippen LogP contribution in [0.25, 0.3) is 0 Å². The Balaban J connectivity index is 2.15. The molecule has 0 radical (unpaired) electrons. The normalized spacial score (nSPS) is 23.8. The van der Waals surface area contributed by atoms with E-state index in [2.05, 4.69) is 26.1 Å². The molecule has 1 fully saturated rings. The summed E-state index contributed by atoms with van der Waals surface area (Å²) in [5.74, 6) is 0.414. The van der Waals surface area contributed by atoms with Gasteiger partial charge in [-0.25, -0.2) is 0 Å². The first-order chi connectivity index (χ1) is 8.88. The van der Waals surface area contributed by atoms with Crippen LogP contribution in [0.5, 0.6) is 0 Å². The van der Waals surface area contributed by atoms with Crippen LogP contribution in [0.15, 0.2) is 18.2 Å². The van der Waals surface area contributed by atoms with Gasteiger partial charge in [0.15, 0.2) is 0 Å². The van der Waals surface area contributed by atoms with Crippen LogP contribution in [0, 0.1) is 5.92 Å². The summed E-state index contributed by atoms with van der Waals surface area (Å²) in [5.41, 5.74) is 1.04. The van der Waals surface area contributed by atoms with Crippen LogP contribution in [0.1, 0.15) is 38.9 Å². The molecule has 2 atom stereocenters. The van der Waals surface area contributed by atoms with Crippen LogP contribution < -0.4 is 5.32 Å². The van der Waals surface area contributed by atoms with Gasteiger partial charge in [0.2, 0.25) is 0 Å².